The van der Waals surface area contributed by atoms with Crippen LogP contribution in [-0.2, 0) is 14.9 Å². The highest BCUT2D eigenvalue weighted by molar-refractivity contribution is 6.34. The Hall–Kier alpha value is -0.730. The lowest BCUT2D eigenvalue weighted by Gasteiger charge is -2.34. The van der Waals surface area contributed by atoms with Gasteiger partial charge in [0.05, 0.1) is 0 Å². The number of esters is 1. The zero-order chi connectivity index (χ0) is 14.5. The van der Waals surface area contributed by atoms with E-state index < -0.39 is 10.8 Å². The molecule has 106 valence electrons. The molecule has 0 saturated carbocycles. The minimum Gasteiger partial charge on any atom is -0.448 e. The van der Waals surface area contributed by atoms with Crippen molar-refractivity contribution in [2.45, 2.75) is 43.9 Å². The fraction of sp³-hybridized carbons (Fsp3) is 0.533. The minimum atomic E-state index is -1.07. The average molecular weight is 303 g/mol. The third kappa shape index (κ3) is 4.12. The first-order valence-corrected chi connectivity index (χ1v) is 7.24. The van der Waals surface area contributed by atoms with E-state index in [0.717, 1.165) is 6.42 Å². The fourth-order valence-electron chi connectivity index (χ4n) is 2.28. The summed E-state index contributed by atoms with van der Waals surface area (Å²) in [6.07, 6.45) is 1.38. The molecule has 0 aromatic heterocycles. The third-order valence-corrected chi connectivity index (χ3v) is 3.98. The topological polar surface area (TPSA) is 26.3 Å². The summed E-state index contributed by atoms with van der Waals surface area (Å²) in [6.45, 7) is 5.88. The largest absolute Gasteiger partial charge is 0.448 e. The zero-order valence-corrected chi connectivity index (χ0v) is 13.1. The van der Waals surface area contributed by atoms with Crippen molar-refractivity contribution in [3.8, 4) is 0 Å². The van der Waals surface area contributed by atoms with Crippen LogP contribution in [0.25, 0.3) is 0 Å². The molecule has 0 radical (unpaired) electrons. The summed E-state index contributed by atoms with van der Waals surface area (Å²) in [6, 6.07) is 9.90. The van der Waals surface area contributed by atoms with Crippen LogP contribution in [0.1, 0.15) is 39.2 Å². The lowest BCUT2D eigenvalue weighted by Crippen LogP contribution is -2.38. The zero-order valence-electron chi connectivity index (χ0n) is 11.6. The quantitative estimate of drug-likeness (QED) is 0.572. The summed E-state index contributed by atoms with van der Waals surface area (Å²) in [5, 5.41) is 0. The number of alkyl halides is 2. The van der Waals surface area contributed by atoms with Gasteiger partial charge in [-0.1, -0.05) is 55.8 Å². The van der Waals surface area contributed by atoms with Crippen molar-refractivity contribution in [2.75, 3.05) is 6.07 Å². The molecule has 0 N–H and O–H groups in total. The summed E-state index contributed by atoms with van der Waals surface area (Å²) in [4.78, 5) is 10.8. The first kappa shape index (κ1) is 16.3. The van der Waals surface area contributed by atoms with Crippen LogP contribution in [-0.4, -0.2) is 16.9 Å². The van der Waals surface area contributed by atoms with Crippen LogP contribution >= 0.6 is 23.2 Å². The van der Waals surface area contributed by atoms with Crippen LogP contribution in [0.4, 0.5) is 0 Å². The van der Waals surface area contributed by atoms with Gasteiger partial charge in [0.15, 0.2) is 6.07 Å². The molecule has 0 heterocycles. The van der Waals surface area contributed by atoms with E-state index in [0.29, 0.717) is 6.42 Å². The van der Waals surface area contributed by atoms with Crippen LogP contribution in [0.3, 0.4) is 0 Å². The second-order valence-electron chi connectivity index (χ2n) is 5.20. The van der Waals surface area contributed by atoms with Gasteiger partial charge in [-0.3, -0.25) is 4.79 Å². The summed E-state index contributed by atoms with van der Waals surface area (Å²) < 4.78 is 4.83. The highest BCUT2D eigenvalue weighted by Gasteiger charge is 2.40. The Morgan fingerprint density at radius 1 is 1.26 bits per heavy atom. The smallest absolute Gasteiger partial charge is 0.328 e. The van der Waals surface area contributed by atoms with Crippen LogP contribution in [0.5, 0.6) is 0 Å². The molecule has 0 amide bonds. The maximum Gasteiger partial charge on any atom is 0.328 e. The summed E-state index contributed by atoms with van der Waals surface area (Å²) in [5.74, 6) is -0.472. The van der Waals surface area contributed by atoms with E-state index in [1.165, 1.54) is 5.56 Å². The lowest BCUT2D eigenvalue weighted by atomic mass is 9.73. The molecule has 4 heteroatoms. The van der Waals surface area contributed by atoms with Gasteiger partial charge >= 0.3 is 5.97 Å². The molecule has 0 bridgehead atoms. The number of ether oxygens (including phenoxy) is 1. The van der Waals surface area contributed by atoms with Gasteiger partial charge in [0.2, 0.25) is 0 Å². The molecule has 0 aliphatic rings. The van der Waals surface area contributed by atoms with Crippen molar-refractivity contribution >= 4 is 29.2 Å². The summed E-state index contributed by atoms with van der Waals surface area (Å²) in [7, 11) is 0. The van der Waals surface area contributed by atoms with E-state index in [-0.39, 0.29) is 11.5 Å². The predicted molar refractivity (Wildman–Crippen MR) is 79.8 cm³/mol. The van der Waals surface area contributed by atoms with Gasteiger partial charge < -0.3 is 4.74 Å². The van der Waals surface area contributed by atoms with Crippen molar-refractivity contribution in [3.05, 3.63) is 35.9 Å². The minimum absolute atomic E-state index is 0.171. The van der Waals surface area contributed by atoms with Crippen molar-refractivity contribution in [1.29, 1.82) is 0 Å². The SMILES string of the molecule is CCC(C)(CC(C)(Cl)C(=O)OCCl)c1ccccc1. The maximum atomic E-state index is 11.9. The summed E-state index contributed by atoms with van der Waals surface area (Å²) >= 11 is 11.8. The van der Waals surface area contributed by atoms with Crippen LogP contribution in [0.2, 0.25) is 0 Å². The molecule has 2 atom stereocenters. The average Bonchev–Trinajstić information content (AvgIpc) is 2.39. The van der Waals surface area contributed by atoms with E-state index in [4.69, 9.17) is 27.9 Å². The van der Waals surface area contributed by atoms with Crippen LogP contribution in [0.15, 0.2) is 30.3 Å². The molecule has 0 saturated heterocycles. The number of benzene rings is 1. The first-order chi connectivity index (χ1) is 8.85. The third-order valence-electron chi connectivity index (χ3n) is 3.58. The molecule has 0 aliphatic heterocycles. The second kappa shape index (κ2) is 6.62. The number of rotatable bonds is 6. The standard InChI is InChI=1S/C15H20Cl2O2/c1-4-14(2,12-8-6-5-7-9-12)10-15(3,17)13(18)19-11-16/h5-9H,4,10-11H2,1-3H3. The van der Waals surface area contributed by atoms with Gasteiger partial charge in [0.25, 0.3) is 0 Å². The monoisotopic (exact) mass is 302 g/mol. The Balaban J connectivity index is 2.96. The molecule has 1 aromatic carbocycles. The Morgan fingerprint density at radius 2 is 1.84 bits per heavy atom. The lowest BCUT2D eigenvalue weighted by molar-refractivity contribution is -0.145. The van der Waals surface area contributed by atoms with Gasteiger partial charge in [-0.2, -0.15) is 0 Å². The van der Waals surface area contributed by atoms with E-state index in [1.54, 1.807) is 6.92 Å². The molecule has 0 spiro atoms. The van der Waals surface area contributed by atoms with E-state index in [2.05, 4.69) is 26.0 Å². The highest BCUT2D eigenvalue weighted by Crippen LogP contribution is 2.38. The Labute approximate surface area is 125 Å². The maximum absolute atomic E-state index is 11.9. The molecule has 0 fully saturated rings. The molecule has 0 aliphatic carbocycles. The van der Waals surface area contributed by atoms with E-state index >= 15 is 0 Å². The number of carbonyl (C=O) groups is 1. The van der Waals surface area contributed by atoms with E-state index in [9.17, 15) is 4.79 Å². The van der Waals surface area contributed by atoms with E-state index in [1.807, 2.05) is 18.2 Å². The Bertz CT molecular complexity index is 417. The molecule has 1 aromatic rings. The number of hydrogen-bond acceptors (Lipinski definition) is 2. The van der Waals surface area contributed by atoms with Gasteiger partial charge in [-0.25, -0.2) is 0 Å². The molecule has 1 rings (SSSR count). The number of hydrogen-bond donors (Lipinski definition) is 0. The second-order valence-corrected chi connectivity index (χ2v) is 6.25. The van der Waals surface area contributed by atoms with Gasteiger partial charge in [0.1, 0.15) is 4.87 Å². The van der Waals surface area contributed by atoms with Crippen LogP contribution in [0, 0.1) is 0 Å². The Morgan fingerprint density at radius 3 is 2.32 bits per heavy atom. The van der Waals surface area contributed by atoms with Crippen molar-refractivity contribution in [2.24, 2.45) is 0 Å². The molecular weight excluding hydrogens is 283 g/mol. The molecule has 2 unspecified atom stereocenters. The Kier molecular flexibility index (Phi) is 5.69. The molecule has 19 heavy (non-hydrogen) atoms. The van der Waals surface area contributed by atoms with Gasteiger partial charge in [-0.15, -0.1) is 11.6 Å². The summed E-state index contributed by atoms with van der Waals surface area (Å²) in [5.41, 5.74) is 0.992. The van der Waals surface area contributed by atoms with Crippen molar-refractivity contribution < 1.29 is 9.53 Å². The van der Waals surface area contributed by atoms with Gasteiger partial charge in [0, 0.05) is 0 Å². The fourth-order valence-corrected chi connectivity index (χ4v) is 2.73. The van der Waals surface area contributed by atoms with Gasteiger partial charge in [-0.05, 0) is 30.7 Å². The normalized spacial score (nSPS) is 17.3. The van der Waals surface area contributed by atoms with Crippen molar-refractivity contribution in [1.82, 2.24) is 0 Å². The number of halogens is 2. The predicted octanol–water partition coefficient (Wildman–Crippen LogP) is 4.48. The first-order valence-electron chi connectivity index (χ1n) is 6.33. The van der Waals surface area contributed by atoms with Crippen molar-refractivity contribution in [3.63, 3.8) is 0 Å². The molecular formula is C15H20Cl2O2. The molecule has 2 nitrogen and oxygen atoms in total. The van der Waals surface area contributed by atoms with Crippen LogP contribution < -0.4 is 0 Å². The number of carbonyl (C=O) groups excluding carboxylic acids is 1. The highest BCUT2D eigenvalue weighted by atomic mass is 35.5.